The zero-order valence-corrected chi connectivity index (χ0v) is 12.0. The van der Waals surface area contributed by atoms with Crippen molar-refractivity contribution < 1.29 is 0 Å². The topological polar surface area (TPSA) is 22.8 Å². The molecular formula is C15H23N3. The van der Waals surface area contributed by atoms with Crippen molar-refractivity contribution in [2.45, 2.75) is 52.1 Å². The van der Waals surface area contributed by atoms with Crippen LogP contribution in [0.4, 0.5) is 0 Å². The summed E-state index contributed by atoms with van der Waals surface area (Å²) in [6, 6.07) is 6.27. The van der Waals surface area contributed by atoms with Gasteiger partial charge in [0.15, 0.2) is 0 Å². The van der Waals surface area contributed by atoms with Gasteiger partial charge in [-0.05, 0) is 52.8 Å². The summed E-state index contributed by atoms with van der Waals surface area (Å²) in [4.78, 5) is 0. The van der Waals surface area contributed by atoms with Crippen LogP contribution in [0.3, 0.4) is 0 Å². The van der Waals surface area contributed by atoms with Crippen LogP contribution in [-0.4, -0.2) is 14.3 Å². The summed E-state index contributed by atoms with van der Waals surface area (Å²) < 4.78 is 4.38. The van der Waals surface area contributed by atoms with Gasteiger partial charge in [0.25, 0.3) is 0 Å². The Balaban J connectivity index is 2.28. The van der Waals surface area contributed by atoms with Crippen molar-refractivity contribution in [2.24, 2.45) is 0 Å². The molecule has 0 bridgehead atoms. The standard InChI is InChI=1S/C15H23N3/c1-14(2,3)18-13(8-9-16-18)12-15(4,5)17-10-6-7-11-17/h6-11H,12H2,1-5H3. The molecule has 98 valence electrons. The fourth-order valence-corrected chi connectivity index (χ4v) is 2.34. The Morgan fingerprint density at radius 2 is 1.67 bits per heavy atom. The zero-order valence-electron chi connectivity index (χ0n) is 12.0. The van der Waals surface area contributed by atoms with Gasteiger partial charge in [-0.1, -0.05) is 0 Å². The van der Waals surface area contributed by atoms with Crippen molar-refractivity contribution in [1.82, 2.24) is 14.3 Å². The molecule has 0 fully saturated rings. The predicted octanol–water partition coefficient (Wildman–Crippen LogP) is 3.42. The maximum Gasteiger partial charge on any atom is 0.0546 e. The highest BCUT2D eigenvalue weighted by molar-refractivity contribution is 5.09. The molecule has 18 heavy (non-hydrogen) atoms. The molecule has 0 saturated heterocycles. The minimum Gasteiger partial charge on any atom is -0.348 e. The van der Waals surface area contributed by atoms with Crippen molar-refractivity contribution in [2.75, 3.05) is 0 Å². The van der Waals surface area contributed by atoms with E-state index in [9.17, 15) is 0 Å². The SMILES string of the molecule is CC(C)(C)n1nccc1CC(C)(C)n1cccc1. The van der Waals surface area contributed by atoms with Crippen LogP contribution in [0.25, 0.3) is 0 Å². The number of hydrogen-bond donors (Lipinski definition) is 0. The lowest BCUT2D eigenvalue weighted by atomic mass is 9.97. The molecule has 0 aromatic carbocycles. The van der Waals surface area contributed by atoms with Gasteiger partial charge in [-0.15, -0.1) is 0 Å². The molecule has 0 radical (unpaired) electrons. The average Bonchev–Trinajstić information content (AvgIpc) is 2.83. The fourth-order valence-electron chi connectivity index (χ4n) is 2.34. The highest BCUT2D eigenvalue weighted by atomic mass is 15.3. The number of hydrogen-bond acceptors (Lipinski definition) is 1. The summed E-state index contributed by atoms with van der Waals surface area (Å²) >= 11 is 0. The lowest BCUT2D eigenvalue weighted by Gasteiger charge is -2.30. The summed E-state index contributed by atoms with van der Waals surface area (Å²) in [5, 5.41) is 4.46. The maximum atomic E-state index is 4.46. The number of nitrogens with zero attached hydrogens (tertiary/aromatic N) is 3. The molecule has 0 amide bonds. The van der Waals surface area contributed by atoms with Gasteiger partial charge in [-0.2, -0.15) is 5.10 Å². The fraction of sp³-hybridized carbons (Fsp3) is 0.533. The molecule has 3 nitrogen and oxygen atoms in total. The Kier molecular flexibility index (Phi) is 3.09. The highest BCUT2D eigenvalue weighted by Crippen LogP contribution is 2.24. The van der Waals surface area contributed by atoms with E-state index in [-0.39, 0.29) is 11.1 Å². The van der Waals surface area contributed by atoms with Gasteiger partial charge in [-0.3, -0.25) is 4.68 Å². The first-order chi connectivity index (χ1) is 8.31. The van der Waals surface area contributed by atoms with Crippen molar-refractivity contribution in [3.63, 3.8) is 0 Å². The van der Waals surface area contributed by atoms with Crippen LogP contribution >= 0.6 is 0 Å². The molecule has 0 saturated carbocycles. The molecule has 2 rings (SSSR count). The van der Waals surface area contributed by atoms with Crippen LogP contribution in [0.15, 0.2) is 36.8 Å². The average molecular weight is 245 g/mol. The lowest BCUT2D eigenvalue weighted by Crippen LogP contribution is -2.32. The van der Waals surface area contributed by atoms with E-state index in [0.29, 0.717) is 0 Å². The van der Waals surface area contributed by atoms with Gasteiger partial charge in [0, 0.05) is 36.2 Å². The molecule has 2 aromatic heterocycles. The third-order valence-electron chi connectivity index (χ3n) is 3.27. The number of aromatic nitrogens is 3. The second kappa shape index (κ2) is 4.30. The van der Waals surface area contributed by atoms with Gasteiger partial charge in [-0.25, -0.2) is 0 Å². The van der Waals surface area contributed by atoms with Crippen molar-refractivity contribution in [3.8, 4) is 0 Å². The summed E-state index contributed by atoms with van der Waals surface area (Å²) in [5.74, 6) is 0. The lowest BCUT2D eigenvalue weighted by molar-refractivity contribution is 0.303. The zero-order chi connectivity index (χ0) is 13.4. The van der Waals surface area contributed by atoms with Crippen LogP contribution in [0, 0.1) is 0 Å². The Hall–Kier alpha value is -1.51. The summed E-state index contributed by atoms with van der Waals surface area (Å²) in [6.07, 6.45) is 7.11. The number of rotatable bonds is 3. The molecule has 0 unspecified atom stereocenters. The summed E-state index contributed by atoms with van der Waals surface area (Å²) in [7, 11) is 0. The minimum absolute atomic E-state index is 0.0333. The molecule has 3 heteroatoms. The first-order valence-electron chi connectivity index (χ1n) is 6.47. The minimum atomic E-state index is 0.0333. The van der Waals surface area contributed by atoms with E-state index in [1.807, 2.05) is 6.20 Å². The Bertz CT molecular complexity index is 498. The molecule has 0 spiro atoms. The largest absolute Gasteiger partial charge is 0.348 e. The smallest absolute Gasteiger partial charge is 0.0546 e. The van der Waals surface area contributed by atoms with Gasteiger partial charge in [0.05, 0.1) is 5.54 Å². The van der Waals surface area contributed by atoms with Crippen molar-refractivity contribution in [3.05, 3.63) is 42.5 Å². The van der Waals surface area contributed by atoms with Crippen molar-refractivity contribution in [1.29, 1.82) is 0 Å². The second-order valence-corrected chi connectivity index (χ2v) is 6.48. The van der Waals surface area contributed by atoms with Crippen LogP contribution in [0.1, 0.15) is 40.3 Å². The predicted molar refractivity (Wildman–Crippen MR) is 74.7 cm³/mol. The first kappa shape index (κ1) is 12.9. The second-order valence-electron chi connectivity index (χ2n) is 6.48. The molecule has 2 heterocycles. The van der Waals surface area contributed by atoms with Crippen molar-refractivity contribution >= 4 is 0 Å². The molecule has 0 aliphatic heterocycles. The van der Waals surface area contributed by atoms with E-state index in [2.05, 4.69) is 79.6 Å². The van der Waals surface area contributed by atoms with E-state index in [4.69, 9.17) is 0 Å². The van der Waals surface area contributed by atoms with Gasteiger partial charge in [0.2, 0.25) is 0 Å². The van der Waals surface area contributed by atoms with Crippen LogP contribution < -0.4 is 0 Å². The van der Waals surface area contributed by atoms with E-state index in [0.717, 1.165) is 6.42 Å². The highest BCUT2D eigenvalue weighted by Gasteiger charge is 2.24. The Morgan fingerprint density at radius 3 is 2.22 bits per heavy atom. The molecule has 0 aliphatic carbocycles. The van der Waals surface area contributed by atoms with Crippen LogP contribution in [0.5, 0.6) is 0 Å². The molecule has 0 aliphatic rings. The van der Waals surface area contributed by atoms with Gasteiger partial charge in [0.1, 0.15) is 0 Å². The van der Waals surface area contributed by atoms with E-state index < -0.39 is 0 Å². The maximum absolute atomic E-state index is 4.46. The van der Waals surface area contributed by atoms with Crippen LogP contribution in [0.2, 0.25) is 0 Å². The Labute approximate surface area is 109 Å². The molecule has 0 N–H and O–H groups in total. The summed E-state index contributed by atoms with van der Waals surface area (Å²) in [5.41, 5.74) is 1.37. The van der Waals surface area contributed by atoms with E-state index in [1.54, 1.807) is 0 Å². The molecule has 2 aromatic rings. The third kappa shape index (κ3) is 2.50. The van der Waals surface area contributed by atoms with Gasteiger partial charge >= 0.3 is 0 Å². The van der Waals surface area contributed by atoms with Gasteiger partial charge < -0.3 is 4.57 Å². The summed E-state index contributed by atoms with van der Waals surface area (Å²) in [6.45, 7) is 11.1. The molecular weight excluding hydrogens is 222 g/mol. The van der Waals surface area contributed by atoms with E-state index >= 15 is 0 Å². The molecule has 0 atom stereocenters. The normalized spacial score (nSPS) is 12.9. The van der Waals surface area contributed by atoms with E-state index in [1.165, 1.54) is 5.69 Å². The quantitative estimate of drug-likeness (QED) is 0.812. The Morgan fingerprint density at radius 1 is 1.06 bits per heavy atom. The monoisotopic (exact) mass is 245 g/mol. The first-order valence-corrected chi connectivity index (χ1v) is 6.47. The third-order valence-corrected chi connectivity index (χ3v) is 3.27. The van der Waals surface area contributed by atoms with Crippen LogP contribution in [-0.2, 0) is 17.5 Å².